The maximum atomic E-state index is 11.0. The van der Waals surface area contributed by atoms with E-state index in [1.165, 1.54) is 0 Å². The molecular formula is C22H18BrN3O. The highest BCUT2D eigenvalue weighted by molar-refractivity contribution is 9.10. The standard InChI is InChI=1S/C22H18BrN3O/c1-14-10-12-24-19(13-14)26-21(16-6-2-3-7-18(16)23)17-9-8-15-5-4-11-25-20(15)22(17)27/h2-13,21,27H,1H3,(H,24,26). The molecule has 134 valence electrons. The topological polar surface area (TPSA) is 58.0 Å². The van der Waals surface area contributed by atoms with Crippen LogP contribution in [0.2, 0.25) is 0 Å². The van der Waals surface area contributed by atoms with E-state index in [0.29, 0.717) is 5.52 Å². The van der Waals surface area contributed by atoms with Crippen molar-refractivity contribution in [3.8, 4) is 5.75 Å². The van der Waals surface area contributed by atoms with Crippen molar-refractivity contribution >= 4 is 32.7 Å². The van der Waals surface area contributed by atoms with Crippen LogP contribution >= 0.6 is 15.9 Å². The van der Waals surface area contributed by atoms with Gasteiger partial charge in [0.25, 0.3) is 0 Å². The number of aromatic nitrogens is 2. The zero-order chi connectivity index (χ0) is 18.8. The Kier molecular flexibility index (Phi) is 4.77. The summed E-state index contributed by atoms with van der Waals surface area (Å²) in [5.41, 5.74) is 3.46. The third kappa shape index (κ3) is 3.51. The van der Waals surface area contributed by atoms with Crippen LogP contribution in [0, 0.1) is 6.92 Å². The zero-order valence-electron chi connectivity index (χ0n) is 14.7. The average Bonchev–Trinajstić information content (AvgIpc) is 2.68. The van der Waals surface area contributed by atoms with E-state index in [4.69, 9.17) is 0 Å². The van der Waals surface area contributed by atoms with Crippen LogP contribution in [0.25, 0.3) is 10.9 Å². The molecule has 4 nitrogen and oxygen atoms in total. The first-order valence-electron chi connectivity index (χ1n) is 8.63. The Morgan fingerprint density at radius 2 is 1.78 bits per heavy atom. The van der Waals surface area contributed by atoms with E-state index in [-0.39, 0.29) is 11.8 Å². The maximum Gasteiger partial charge on any atom is 0.147 e. The number of benzene rings is 2. The van der Waals surface area contributed by atoms with E-state index < -0.39 is 0 Å². The van der Waals surface area contributed by atoms with Crippen LogP contribution in [-0.4, -0.2) is 15.1 Å². The molecule has 2 aromatic heterocycles. The molecule has 2 aromatic carbocycles. The fourth-order valence-corrected chi connectivity index (χ4v) is 3.69. The van der Waals surface area contributed by atoms with Gasteiger partial charge in [-0.3, -0.25) is 4.98 Å². The fraction of sp³-hybridized carbons (Fsp3) is 0.0909. The number of hydrogen-bond donors (Lipinski definition) is 2. The molecule has 0 aliphatic carbocycles. The van der Waals surface area contributed by atoms with Gasteiger partial charge in [-0.1, -0.05) is 52.3 Å². The summed E-state index contributed by atoms with van der Waals surface area (Å²) in [5, 5.41) is 15.3. The summed E-state index contributed by atoms with van der Waals surface area (Å²) in [6.45, 7) is 2.03. The zero-order valence-corrected chi connectivity index (χ0v) is 16.3. The molecule has 2 heterocycles. The Labute approximate surface area is 166 Å². The molecule has 1 atom stereocenters. The molecule has 0 fully saturated rings. The number of nitrogens with zero attached hydrogens (tertiary/aromatic N) is 2. The van der Waals surface area contributed by atoms with Crippen molar-refractivity contribution in [3.05, 3.63) is 94.2 Å². The smallest absolute Gasteiger partial charge is 0.147 e. The second-order valence-corrected chi connectivity index (χ2v) is 7.25. The average molecular weight is 420 g/mol. The second kappa shape index (κ2) is 7.37. The number of anilines is 1. The van der Waals surface area contributed by atoms with Crippen molar-refractivity contribution in [1.29, 1.82) is 0 Å². The molecule has 1 unspecified atom stereocenters. The third-order valence-electron chi connectivity index (χ3n) is 4.51. The number of aromatic hydroxyl groups is 1. The van der Waals surface area contributed by atoms with Gasteiger partial charge in [0.1, 0.15) is 17.1 Å². The number of nitrogens with one attached hydrogen (secondary N) is 1. The highest BCUT2D eigenvalue weighted by Gasteiger charge is 2.22. The van der Waals surface area contributed by atoms with Crippen molar-refractivity contribution in [2.75, 3.05) is 5.32 Å². The summed E-state index contributed by atoms with van der Waals surface area (Å²) in [6.07, 6.45) is 3.46. The highest BCUT2D eigenvalue weighted by atomic mass is 79.9. The molecule has 0 amide bonds. The van der Waals surface area contributed by atoms with Crippen molar-refractivity contribution in [3.63, 3.8) is 0 Å². The number of aryl methyl sites for hydroxylation is 1. The summed E-state index contributed by atoms with van der Waals surface area (Å²) in [5.74, 6) is 0.922. The third-order valence-corrected chi connectivity index (χ3v) is 5.24. The first-order chi connectivity index (χ1) is 13.1. The highest BCUT2D eigenvalue weighted by Crippen LogP contribution is 2.38. The molecule has 5 heteroatoms. The Morgan fingerprint density at radius 3 is 2.59 bits per heavy atom. The van der Waals surface area contributed by atoms with Crippen LogP contribution in [0.5, 0.6) is 5.75 Å². The van der Waals surface area contributed by atoms with Crippen LogP contribution in [0.15, 0.2) is 77.5 Å². The van der Waals surface area contributed by atoms with Crippen LogP contribution in [0.4, 0.5) is 5.82 Å². The number of halogens is 1. The predicted octanol–water partition coefficient (Wildman–Crippen LogP) is 5.61. The van der Waals surface area contributed by atoms with Gasteiger partial charge in [0.15, 0.2) is 0 Å². The van der Waals surface area contributed by atoms with Gasteiger partial charge in [0.2, 0.25) is 0 Å². The van der Waals surface area contributed by atoms with Gasteiger partial charge in [-0.25, -0.2) is 4.98 Å². The lowest BCUT2D eigenvalue weighted by molar-refractivity contribution is 0.471. The minimum Gasteiger partial charge on any atom is -0.505 e. The summed E-state index contributed by atoms with van der Waals surface area (Å²) in [4.78, 5) is 8.78. The molecule has 0 aliphatic heterocycles. The van der Waals surface area contributed by atoms with Crippen LogP contribution in [0.1, 0.15) is 22.7 Å². The number of phenols is 1. The Morgan fingerprint density at radius 1 is 0.926 bits per heavy atom. The lowest BCUT2D eigenvalue weighted by Gasteiger charge is -2.23. The number of fused-ring (bicyclic) bond motifs is 1. The molecule has 0 saturated heterocycles. The molecule has 0 spiro atoms. The quantitative estimate of drug-likeness (QED) is 0.451. The van der Waals surface area contributed by atoms with Gasteiger partial charge < -0.3 is 10.4 Å². The molecule has 0 radical (unpaired) electrons. The first-order valence-corrected chi connectivity index (χ1v) is 9.43. The monoisotopic (exact) mass is 419 g/mol. The lowest BCUT2D eigenvalue weighted by atomic mass is 9.96. The van der Waals surface area contributed by atoms with Gasteiger partial charge in [-0.15, -0.1) is 0 Å². The second-order valence-electron chi connectivity index (χ2n) is 6.40. The summed E-state index contributed by atoms with van der Waals surface area (Å²) in [6, 6.07) is 19.3. The Bertz CT molecular complexity index is 1110. The van der Waals surface area contributed by atoms with Gasteiger partial charge >= 0.3 is 0 Å². The van der Waals surface area contributed by atoms with Crippen molar-refractivity contribution in [2.45, 2.75) is 13.0 Å². The summed E-state index contributed by atoms with van der Waals surface area (Å²) in [7, 11) is 0. The van der Waals surface area contributed by atoms with Crippen molar-refractivity contribution in [2.24, 2.45) is 0 Å². The molecule has 0 saturated carbocycles. The van der Waals surface area contributed by atoms with Gasteiger partial charge in [0, 0.05) is 27.8 Å². The van der Waals surface area contributed by atoms with Crippen molar-refractivity contribution < 1.29 is 5.11 Å². The van der Waals surface area contributed by atoms with Gasteiger partial charge in [-0.05, 0) is 42.3 Å². The first kappa shape index (κ1) is 17.5. The molecule has 0 bridgehead atoms. The van der Waals surface area contributed by atoms with Gasteiger partial charge in [0.05, 0.1) is 6.04 Å². The molecule has 4 rings (SSSR count). The SMILES string of the molecule is Cc1ccnc(NC(c2ccccc2Br)c2ccc3cccnc3c2O)c1. The maximum absolute atomic E-state index is 11.0. The minimum absolute atomic E-state index is 0.175. The Balaban J connectivity index is 1.88. The molecular weight excluding hydrogens is 402 g/mol. The largest absolute Gasteiger partial charge is 0.505 e. The van der Waals surface area contributed by atoms with E-state index in [2.05, 4.69) is 31.2 Å². The summed E-state index contributed by atoms with van der Waals surface area (Å²) >= 11 is 3.64. The van der Waals surface area contributed by atoms with E-state index in [1.54, 1.807) is 12.4 Å². The van der Waals surface area contributed by atoms with Crippen LogP contribution < -0.4 is 5.32 Å². The molecule has 2 N–H and O–H groups in total. The number of rotatable bonds is 4. The lowest BCUT2D eigenvalue weighted by Crippen LogP contribution is -2.14. The molecule has 27 heavy (non-hydrogen) atoms. The van der Waals surface area contributed by atoms with Crippen molar-refractivity contribution in [1.82, 2.24) is 9.97 Å². The van der Waals surface area contributed by atoms with Gasteiger partial charge in [-0.2, -0.15) is 0 Å². The van der Waals surface area contributed by atoms with E-state index in [1.807, 2.05) is 67.6 Å². The normalized spacial score (nSPS) is 12.1. The van der Waals surface area contributed by atoms with Crippen LogP contribution in [0.3, 0.4) is 0 Å². The number of phenolic OH excluding ortho intramolecular Hbond substituents is 1. The van der Waals surface area contributed by atoms with Crippen LogP contribution in [-0.2, 0) is 0 Å². The van der Waals surface area contributed by atoms with E-state index in [9.17, 15) is 5.11 Å². The Hall–Kier alpha value is -2.92. The predicted molar refractivity (Wildman–Crippen MR) is 112 cm³/mol. The molecule has 4 aromatic rings. The summed E-state index contributed by atoms with van der Waals surface area (Å²) < 4.78 is 0.954. The fourth-order valence-electron chi connectivity index (χ4n) is 3.17. The van der Waals surface area contributed by atoms with E-state index >= 15 is 0 Å². The van der Waals surface area contributed by atoms with E-state index in [0.717, 1.165) is 32.4 Å². The minimum atomic E-state index is -0.290. The number of pyridine rings is 2. The number of hydrogen-bond acceptors (Lipinski definition) is 4. The molecule has 0 aliphatic rings.